The molecule has 140 valence electrons. The van der Waals surface area contributed by atoms with Crippen LogP contribution in [0.2, 0.25) is 0 Å². The fraction of sp³-hybridized carbons (Fsp3) is 0.500. The summed E-state index contributed by atoms with van der Waals surface area (Å²) >= 11 is 0. The second kappa shape index (κ2) is 11.0. The quantitative estimate of drug-likeness (QED) is 0.316. The van der Waals surface area contributed by atoms with Crippen LogP contribution in [0.5, 0.6) is 0 Å². The molecule has 0 aliphatic rings. The molecule has 0 radical (unpaired) electrons. The average molecular weight is 356 g/mol. The number of hydrogen-bond donors (Lipinski definition) is 2. The summed E-state index contributed by atoms with van der Waals surface area (Å²) in [6, 6.07) is -2.18. The first-order valence-electron chi connectivity index (χ1n) is 7.55. The van der Waals surface area contributed by atoms with Crippen molar-refractivity contribution in [2.75, 3.05) is 13.2 Å². The minimum Gasteiger partial charge on any atom is -0.548 e. The highest BCUT2D eigenvalue weighted by molar-refractivity contribution is 5.88. The van der Waals surface area contributed by atoms with Crippen molar-refractivity contribution in [2.45, 2.75) is 38.8 Å². The molecule has 0 bridgehead atoms. The van der Waals surface area contributed by atoms with Crippen LogP contribution in [-0.2, 0) is 28.7 Å². The van der Waals surface area contributed by atoms with Crippen molar-refractivity contribution < 1.29 is 39.5 Å². The van der Waals surface area contributed by atoms with Crippen LogP contribution in [0.3, 0.4) is 0 Å². The van der Waals surface area contributed by atoms with Gasteiger partial charge in [0.2, 0.25) is 0 Å². The summed E-state index contributed by atoms with van der Waals surface area (Å²) in [4.78, 5) is 45.4. The Balaban J connectivity index is 4.36. The zero-order valence-corrected chi connectivity index (χ0v) is 14.5. The monoisotopic (exact) mass is 356 g/mol. The predicted molar refractivity (Wildman–Crippen MR) is 84.4 cm³/mol. The van der Waals surface area contributed by atoms with E-state index in [9.17, 15) is 24.3 Å². The van der Waals surface area contributed by atoms with Crippen molar-refractivity contribution in [2.24, 2.45) is 0 Å². The molecule has 0 aliphatic heterocycles. The van der Waals surface area contributed by atoms with Crippen LogP contribution in [0, 0.1) is 0 Å². The largest absolute Gasteiger partial charge is 0.548 e. The number of amides is 1. The summed E-state index contributed by atoms with van der Waals surface area (Å²) in [6.07, 6.45) is -0.0558. The van der Waals surface area contributed by atoms with Gasteiger partial charge in [-0.25, -0.2) is 9.59 Å². The zero-order chi connectivity index (χ0) is 19.6. The number of nitrogens with one attached hydrogen (secondary N) is 1. The number of quaternary nitrogens is 1. The lowest BCUT2D eigenvalue weighted by Crippen LogP contribution is -2.69. The third-order valence-electron chi connectivity index (χ3n) is 3.01. The maximum Gasteiger partial charge on any atom is 0.333 e. The summed E-state index contributed by atoms with van der Waals surface area (Å²) in [6.45, 7) is 9.47. The van der Waals surface area contributed by atoms with Gasteiger partial charge in [0.15, 0.2) is 6.04 Å². The molecule has 0 aliphatic carbocycles. The van der Waals surface area contributed by atoms with Gasteiger partial charge in [-0.2, -0.15) is 0 Å². The van der Waals surface area contributed by atoms with Gasteiger partial charge >= 0.3 is 11.9 Å². The van der Waals surface area contributed by atoms with E-state index in [1.807, 2.05) is 0 Å². The van der Waals surface area contributed by atoms with Gasteiger partial charge < -0.3 is 30.4 Å². The second-order valence-corrected chi connectivity index (χ2v) is 5.49. The van der Waals surface area contributed by atoms with Gasteiger partial charge in [0, 0.05) is 24.0 Å². The number of carboxylic acids is 1. The van der Waals surface area contributed by atoms with E-state index in [1.165, 1.54) is 13.8 Å². The highest BCUT2D eigenvalue weighted by Crippen LogP contribution is 1.99. The van der Waals surface area contributed by atoms with Crippen molar-refractivity contribution >= 4 is 23.8 Å². The first-order valence-corrected chi connectivity index (χ1v) is 7.55. The molecule has 0 aromatic heterocycles. The average Bonchev–Trinajstić information content (AvgIpc) is 2.52. The van der Waals surface area contributed by atoms with Crippen molar-refractivity contribution in [1.82, 2.24) is 5.32 Å². The Labute approximate surface area is 145 Å². The van der Waals surface area contributed by atoms with E-state index in [-0.39, 0.29) is 37.2 Å². The van der Waals surface area contributed by atoms with Crippen molar-refractivity contribution in [3.05, 3.63) is 24.3 Å². The molecule has 9 nitrogen and oxygen atoms in total. The molecular formula is C16H24N2O7. The molecule has 4 N–H and O–H groups in total. The van der Waals surface area contributed by atoms with E-state index in [0.29, 0.717) is 0 Å². The maximum absolute atomic E-state index is 11.9. The number of carboxylic acid groups (broad SMARTS) is 1. The lowest BCUT2D eigenvalue weighted by atomic mass is 10.1. The van der Waals surface area contributed by atoms with Crippen LogP contribution in [0.25, 0.3) is 0 Å². The Kier molecular flexibility index (Phi) is 9.80. The number of aliphatic carboxylic acids is 1. The van der Waals surface area contributed by atoms with E-state index in [4.69, 9.17) is 9.47 Å². The first-order chi connectivity index (χ1) is 11.6. The first kappa shape index (κ1) is 22.3. The number of carbonyl (C=O) groups excluding carboxylic acids is 4. The summed E-state index contributed by atoms with van der Waals surface area (Å²) < 4.78 is 9.62. The summed E-state index contributed by atoms with van der Waals surface area (Å²) in [7, 11) is 0. The minimum atomic E-state index is -1.51. The Bertz CT molecular complexity index is 557. The highest BCUT2D eigenvalue weighted by atomic mass is 16.5. The lowest BCUT2D eigenvalue weighted by molar-refractivity contribution is -0.406. The van der Waals surface area contributed by atoms with Gasteiger partial charge in [0.1, 0.15) is 0 Å². The van der Waals surface area contributed by atoms with Crippen LogP contribution < -0.4 is 16.2 Å². The van der Waals surface area contributed by atoms with Crippen LogP contribution in [-0.4, -0.2) is 49.1 Å². The number of rotatable bonds is 11. The fourth-order valence-corrected chi connectivity index (χ4v) is 1.48. The molecule has 0 unspecified atom stereocenters. The van der Waals surface area contributed by atoms with Gasteiger partial charge in [-0.05, 0) is 13.8 Å². The van der Waals surface area contributed by atoms with Crippen LogP contribution in [0.1, 0.15) is 26.7 Å². The Morgan fingerprint density at radius 2 is 1.44 bits per heavy atom. The lowest BCUT2D eigenvalue weighted by Gasteiger charge is -2.20. The van der Waals surface area contributed by atoms with Gasteiger partial charge in [-0.1, -0.05) is 13.2 Å². The van der Waals surface area contributed by atoms with Crippen LogP contribution in [0.15, 0.2) is 24.3 Å². The molecule has 0 aromatic carbocycles. The van der Waals surface area contributed by atoms with Crippen LogP contribution >= 0.6 is 0 Å². The van der Waals surface area contributed by atoms with E-state index in [1.54, 1.807) is 0 Å². The van der Waals surface area contributed by atoms with E-state index >= 15 is 0 Å². The number of ether oxygens (including phenoxy) is 2. The molecule has 0 saturated carbocycles. The third-order valence-corrected chi connectivity index (χ3v) is 3.01. The maximum atomic E-state index is 11.9. The van der Waals surface area contributed by atoms with Gasteiger partial charge in [0.05, 0.1) is 25.2 Å². The molecular weight excluding hydrogens is 332 g/mol. The summed E-state index contributed by atoms with van der Waals surface area (Å²) in [5, 5.41) is 13.3. The predicted octanol–water partition coefficient (Wildman–Crippen LogP) is -2.15. The molecule has 0 rings (SSSR count). The van der Waals surface area contributed by atoms with Crippen molar-refractivity contribution in [3.8, 4) is 0 Å². The molecule has 9 heteroatoms. The number of esters is 2. The number of carbonyl (C=O) groups is 4. The van der Waals surface area contributed by atoms with Gasteiger partial charge in [-0.15, -0.1) is 0 Å². The van der Waals surface area contributed by atoms with Gasteiger partial charge in [-0.3, -0.25) is 4.79 Å². The molecule has 0 aromatic rings. The van der Waals surface area contributed by atoms with Crippen molar-refractivity contribution in [3.63, 3.8) is 0 Å². The molecule has 0 fully saturated rings. The van der Waals surface area contributed by atoms with Gasteiger partial charge in [0.25, 0.3) is 5.91 Å². The molecule has 0 spiro atoms. The Morgan fingerprint density at radius 1 is 1.00 bits per heavy atom. The SMILES string of the molecule is C=C(C)C(=O)OCC[C@H](NC(=O)[C@@H]([NH3+])CCOC(=O)C(=C)C)C(=O)[O-]. The normalized spacial score (nSPS) is 12.4. The highest BCUT2D eigenvalue weighted by Gasteiger charge is 2.22. The van der Waals surface area contributed by atoms with Crippen LogP contribution in [0.4, 0.5) is 0 Å². The Morgan fingerprint density at radius 3 is 1.84 bits per heavy atom. The second-order valence-electron chi connectivity index (χ2n) is 5.49. The van der Waals surface area contributed by atoms with E-state index in [0.717, 1.165) is 0 Å². The zero-order valence-electron chi connectivity index (χ0n) is 14.5. The molecule has 1 amide bonds. The standard InChI is InChI=1S/C16H24N2O7/c1-9(2)15(22)24-7-5-11(17)13(19)18-12(14(20)21)6-8-25-16(23)10(3)4/h11-12H,1,3,5-8,17H2,2,4H3,(H,18,19)(H,20,21)/t11-,12-/m0/s1. The van der Waals surface area contributed by atoms with Crippen molar-refractivity contribution in [1.29, 1.82) is 0 Å². The van der Waals surface area contributed by atoms with E-state index in [2.05, 4.69) is 24.2 Å². The minimum absolute atomic E-state index is 0.0561. The molecule has 25 heavy (non-hydrogen) atoms. The smallest absolute Gasteiger partial charge is 0.333 e. The summed E-state index contributed by atoms with van der Waals surface area (Å²) in [5.41, 5.74) is 3.99. The molecule has 2 atom stereocenters. The Hall–Kier alpha value is -2.68. The van der Waals surface area contributed by atoms with E-state index < -0.39 is 35.9 Å². The third kappa shape index (κ3) is 9.26. The summed E-state index contributed by atoms with van der Waals surface area (Å²) in [5.74, 6) is -3.40. The number of hydrogen-bond acceptors (Lipinski definition) is 7. The molecule has 0 saturated heterocycles. The topological polar surface area (TPSA) is 149 Å². The fourth-order valence-electron chi connectivity index (χ4n) is 1.48. The molecule has 0 heterocycles.